The van der Waals surface area contributed by atoms with E-state index >= 15 is 0 Å². The largest absolute Gasteiger partial charge is 0.496 e. The molecule has 0 amide bonds. The maximum Gasteiger partial charge on any atom is 0.203 e. The molecule has 7 heteroatoms. The van der Waals surface area contributed by atoms with Crippen LogP contribution in [0.5, 0.6) is 11.5 Å². The molecule has 3 rings (SSSR count). The van der Waals surface area contributed by atoms with Gasteiger partial charge in [0.2, 0.25) is 5.13 Å². The van der Waals surface area contributed by atoms with Gasteiger partial charge in [0.05, 0.1) is 19.0 Å². The highest BCUT2D eigenvalue weighted by molar-refractivity contribution is 7.13. The van der Waals surface area contributed by atoms with Gasteiger partial charge in [-0.05, 0) is 61.4 Å². The summed E-state index contributed by atoms with van der Waals surface area (Å²) in [5, 5.41) is 7.70. The summed E-state index contributed by atoms with van der Waals surface area (Å²) in [6, 6.07) is 11.4. The number of nitrogens with one attached hydrogen (secondary N) is 1. The molecular weight excluding hydrogens is 382 g/mol. The number of methoxy groups -OCH3 is 1. The Balaban J connectivity index is 1.69. The van der Waals surface area contributed by atoms with E-state index in [9.17, 15) is 0 Å². The van der Waals surface area contributed by atoms with Crippen LogP contribution in [0.1, 0.15) is 22.4 Å². The summed E-state index contributed by atoms with van der Waals surface area (Å²) in [4.78, 5) is 4.31. The van der Waals surface area contributed by atoms with E-state index < -0.39 is 0 Å². The summed E-state index contributed by atoms with van der Waals surface area (Å²) in [7, 11) is 1.64. The first-order valence-corrected chi connectivity index (χ1v) is 9.58. The van der Waals surface area contributed by atoms with Gasteiger partial charge in [0.1, 0.15) is 18.1 Å². The van der Waals surface area contributed by atoms with Crippen LogP contribution < -0.4 is 14.9 Å². The second kappa shape index (κ2) is 8.88. The number of rotatable bonds is 7. The number of anilines is 1. The van der Waals surface area contributed by atoms with Crippen LogP contribution in [-0.4, -0.2) is 18.3 Å². The average Bonchev–Trinajstić information content (AvgIpc) is 3.08. The lowest BCUT2D eigenvalue weighted by Crippen LogP contribution is -2.00. The Labute approximate surface area is 167 Å². The van der Waals surface area contributed by atoms with E-state index in [0.29, 0.717) is 6.61 Å². The summed E-state index contributed by atoms with van der Waals surface area (Å²) in [6.45, 7) is 4.28. The fourth-order valence-electron chi connectivity index (χ4n) is 2.43. The number of halogens is 1. The molecule has 0 radical (unpaired) electrons. The van der Waals surface area contributed by atoms with Crippen LogP contribution in [0.25, 0.3) is 0 Å². The topological polar surface area (TPSA) is 55.7 Å². The Morgan fingerprint density at radius 2 is 2.07 bits per heavy atom. The number of benzene rings is 2. The number of aryl methyl sites for hydroxylation is 2. The number of hydrogen-bond acceptors (Lipinski definition) is 6. The molecule has 1 aromatic heterocycles. The van der Waals surface area contributed by atoms with Gasteiger partial charge in [-0.1, -0.05) is 11.6 Å². The quantitative estimate of drug-likeness (QED) is 0.422. The van der Waals surface area contributed by atoms with Crippen molar-refractivity contribution in [3.05, 3.63) is 69.2 Å². The third-order valence-electron chi connectivity index (χ3n) is 3.82. The average molecular weight is 402 g/mol. The lowest BCUT2D eigenvalue weighted by atomic mass is 10.1. The Morgan fingerprint density at radius 3 is 2.78 bits per heavy atom. The van der Waals surface area contributed by atoms with Crippen molar-refractivity contribution >= 4 is 34.3 Å². The molecule has 0 aliphatic carbocycles. The Kier molecular flexibility index (Phi) is 6.32. The zero-order valence-electron chi connectivity index (χ0n) is 15.3. The standard InChI is InChI=1S/C20H20ClN3O2S/c1-13-8-17(5-6-18(13)21)26-11-16-9-15(4-7-19(16)25-3)10-22-24-20-23-14(2)12-27-20/h4-10,12H,11H2,1-3H3,(H,23,24). The van der Waals surface area contributed by atoms with E-state index in [1.807, 2.05) is 55.6 Å². The van der Waals surface area contributed by atoms with E-state index in [2.05, 4.69) is 15.5 Å². The van der Waals surface area contributed by atoms with Crippen LogP contribution in [0.3, 0.4) is 0 Å². The fourth-order valence-corrected chi connectivity index (χ4v) is 3.18. The molecule has 1 N–H and O–H groups in total. The molecule has 3 aromatic rings. The van der Waals surface area contributed by atoms with Gasteiger partial charge in [-0.2, -0.15) is 5.10 Å². The monoisotopic (exact) mass is 401 g/mol. The highest BCUT2D eigenvalue weighted by atomic mass is 35.5. The third-order valence-corrected chi connectivity index (χ3v) is 5.11. The van der Waals surface area contributed by atoms with E-state index in [4.69, 9.17) is 21.1 Å². The lowest BCUT2D eigenvalue weighted by Gasteiger charge is -2.12. The minimum atomic E-state index is 0.380. The predicted molar refractivity (Wildman–Crippen MR) is 112 cm³/mol. The minimum Gasteiger partial charge on any atom is -0.496 e. The molecular formula is C20H20ClN3O2S. The van der Waals surface area contributed by atoms with Crippen molar-refractivity contribution in [3.8, 4) is 11.5 Å². The van der Waals surface area contributed by atoms with Gasteiger partial charge in [0, 0.05) is 16.0 Å². The van der Waals surface area contributed by atoms with Gasteiger partial charge in [-0.25, -0.2) is 4.98 Å². The molecule has 0 spiro atoms. The highest BCUT2D eigenvalue weighted by Crippen LogP contribution is 2.25. The van der Waals surface area contributed by atoms with Gasteiger partial charge in [0.15, 0.2) is 0 Å². The molecule has 0 unspecified atom stereocenters. The van der Waals surface area contributed by atoms with Crippen LogP contribution in [-0.2, 0) is 6.61 Å². The van der Waals surface area contributed by atoms with Crippen LogP contribution in [0.2, 0.25) is 5.02 Å². The molecule has 0 aliphatic heterocycles. The first-order chi connectivity index (χ1) is 13.0. The molecule has 140 valence electrons. The minimum absolute atomic E-state index is 0.380. The molecule has 0 bridgehead atoms. The molecule has 0 fully saturated rings. The summed E-state index contributed by atoms with van der Waals surface area (Å²) in [5.41, 5.74) is 6.74. The maximum absolute atomic E-state index is 6.06. The number of thiazole rings is 1. The first kappa shape index (κ1) is 19.2. The van der Waals surface area contributed by atoms with Crippen molar-refractivity contribution in [3.63, 3.8) is 0 Å². The molecule has 2 aromatic carbocycles. The van der Waals surface area contributed by atoms with Crippen LogP contribution >= 0.6 is 22.9 Å². The van der Waals surface area contributed by atoms with Crippen molar-refractivity contribution in [1.82, 2.24) is 4.98 Å². The van der Waals surface area contributed by atoms with Gasteiger partial charge in [-0.3, -0.25) is 5.43 Å². The van der Waals surface area contributed by atoms with Crippen molar-refractivity contribution in [2.24, 2.45) is 5.10 Å². The van der Waals surface area contributed by atoms with Crippen molar-refractivity contribution in [1.29, 1.82) is 0 Å². The van der Waals surface area contributed by atoms with E-state index in [0.717, 1.165) is 44.0 Å². The second-order valence-corrected chi connectivity index (χ2v) is 7.20. The van der Waals surface area contributed by atoms with Crippen LogP contribution in [0.15, 0.2) is 46.9 Å². The molecule has 0 saturated carbocycles. The maximum atomic E-state index is 6.06. The Morgan fingerprint density at radius 1 is 1.22 bits per heavy atom. The summed E-state index contributed by atoms with van der Waals surface area (Å²) in [6.07, 6.45) is 1.74. The Bertz CT molecular complexity index is 956. The fraction of sp³-hybridized carbons (Fsp3) is 0.200. The van der Waals surface area contributed by atoms with Crippen molar-refractivity contribution in [2.75, 3.05) is 12.5 Å². The number of nitrogens with zero attached hydrogens (tertiary/aromatic N) is 2. The SMILES string of the molecule is COc1ccc(C=NNc2nc(C)cs2)cc1COc1ccc(Cl)c(C)c1. The molecule has 0 atom stereocenters. The summed E-state index contributed by atoms with van der Waals surface area (Å²) < 4.78 is 11.3. The number of hydrazone groups is 1. The lowest BCUT2D eigenvalue weighted by molar-refractivity contribution is 0.296. The predicted octanol–water partition coefficient (Wildman–Crippen LogP) is 5.45. The van der Waals surface area contributed by atoms with Crippen LogP contribution in [0, 0.1) is 13.8 Å². The highest BCUT2D eigenvalue weighted by Gasteiger charge is 2.06. The summed E-state index contributed by atoms with van der Waals surface area (Å²) >= 11 is 7.58. The molecule has 5 nitrogen and oxygen atoms in total. The summed E-state index contributed by atoms with van der Waals surface area (Å²) in [5.74, 6) is 1.53. The zero-order valence-corrected chi connectivity index (χ0v) is 16.9. The third kappa shape index (κ3) is 5.21. The van der Waals surface area contributed by atoms with E-state index in [1.165, 1.54) is 11.3 Å². The number of aromatic nitrogens is 1. The second-order valence-electron chi connectivity index (χ2n) is 5.93. The van der Waals surface area contributed by atoms with Gasteiger partial charge >= 0.3 is 0 Å². The molecule has 27 heavy (non-hydrogen) atoms. The first-order valence-electron chi connectivity index (χ1n) is 8.32. The van der Waals surface area contributed by atoms with Crippen molar-refractivity contribution in [2.45, 2.75) is 20.5 Å². The van der Waals surface area contributed by atoms with Gasteiger partial charge in [0.25, 0.3) is 0 Å². The normalized spacial score (nSPS) is 11.0. The molecule has 0 aliphatic rings. The Hall–Kier alpha value is -2.57. The number of hydrogen-bond donors (Lipinski definition) is 1. The van der Waals surface area contributed by atoms with Crippen LogP contribution in [0.4, 0.5) is 5.13 Å². The van der Waals surface area contributed by atoms with E-state index in [1.54, 1.807) is 13.3 Å². The molecule has 0 saturated heterocycles. The number of ether oxygens (including phenoxy) is 2. The zero-order chi connectivity index (χ0) is 19.2. The van der Waals surface area contributed by atoms with Crippen molar-refractivity contribution < 1.29 is 9.47 Å². The van der Waals surface area contributed by atoms with Gasteiger partial charge in [-0.15, -0.1) is 11.3 Å². The van der Waals surface area contributed by atoms with E-state index in [-0.39, 0.29) is 0 Å². The smallest absolute Gasteiger partial charge is 0.203 e. The van der Waals surface area contributed by atoms with Gasteiger partial charge < -0.3 is 9.47 Å². The molecule has 1 heterocycles.